The van der Waals surface area contributed by atoms with Gasteiger partial charge in [-0.3, -0.25) is 9.69 Å². The normalized spacial score (nSPS) is 20.9. The minimum Gasteiger partial charge on any atom is -0.368 e. The molecule has 18 heavy (non-hydrogen) atoms. The van der Waals surface area contributed by atoms with Crippen LogP contribution >= 0.6 is 23.2 Å². The summed E-state index contributed by atoms with van der Waals surface area (Å²) in [5.41, 5.74) is 6.29. The highest BCUT2D eigenvalue weighted by Gasteiger charge is 2.27. The summed E-state index contributed by atoms with van der Waals surface area (Å²) in [6.45, 7) is 1.43. The van der Waals surface area contributed by atoms with Crippen molar-refractivity contribution in [3.05, 3.63) is 28.0 Å². The largest absolute Gasteiger partial charge is 0.368 e. The number of rotatable bonds is 3. The second-order valence-corrected chi connectivity index (χ2v) is 5.28. The summed E-state index contributed by atoms with van der Waals surface area (Å²) in [5.74, 6) is -0.271. The molecule has 2 heterocycles. The summed E-state index contributed by atoms with van der Waals surface area (Å²) in [4.78, 5) is 17.5. The Bertz CT molecular complexity index is 453. The number of likely N-dealkylation sites (tertiary alicyclic amines) is 1. The maximum Gasteiger partial charge on any atom is 0.234 e. The van der Waals surface area contributed by atoms with Gasteiger partial charge in [0.1, 0.15) is 5.15 Å². The van der Waals surface area contributed by atoms with Crippen molar-refractivity contribution in [1.82, 2.24) is 9.88 Å². The molecule has 0 bridgehead atoms. The van der Waals surface area contributed by atoms with Gasteiger partial charge < -0.3 is 5.73 Å². The molecule has 1 fully saturated rings. The summed E-state index contributed by atoms with van der Waals surface area (Å²) in [7, 11) is 0. The van der Waals surface area contributed by atoms with E-state index in [9.17, 15) is 4.79 Å². The van der Waals surface area contributed by atoms with Gasteiger partial charge in [-0.2, -0.15) is 0 Å². The summed E-state index contributed by atoms with van der Waals surface area (Å²) < 4.78 is 0. The summed E-state index contributed by atoms with van der Waals surface area (Å²) in [6.07, 6.45) is 4.57. The Hall–Kier alpha value is -0.840. The molecule has 0 aliphatic carbocycles. The van der Waals surface area contributed by atoms with Gasteiger partial charge in [0.25, 0.3) is 0 Å². The Morgan fingerprint density at radius 1 is 1.50 bits per heavy atom. The molecule has 1 unspecified atom stereocenters. The van der Waals surface area contributed by atoms with Crippen LogP contribution in [0.3, 0.4) is 0 Å². The van der Waals surface area contributed by atoms with Crippen LogP contribution in [-0.2, 0) is 11.3 Å². The monoisotopic (exact) mass is 287 g/mol. The quantitative estimate of drug-likeness (QED) is 0.868. The molecule has 1 aliphatic rings. The maximum absolute atomic E-state index is 11.4. The van der Waals surface area contributed by atoms with Gasteiger partial charge in [0, 0.05) is 23.3 Å². The highest BCUT2D eigenvalue weighted by molar-refractivity contribution is 6.34. The Labute approximate surface area is 116 Å². The van der Waals surface area contributed by atoms with Crippen molar-refractivity contribution < 1.29 is 4.79 Å². The van der Waals surface area contributed by atoms with Crippen LogP contribution in [0.2, 0.25) is 10.2 Å². The van der Waals surface area contributed by atoms with E-state index in [1.165, 1.54) is 0 Å². The standard InChI is InChI=1S/C12H15Cl2N3O/c13-9-5-11(14)16-6-8(9)7-17-4-2-1-3-10(17)12(15)18/h5-6,10H,1-4,7H2,(H2,15,18). The molecule has 1 aromatic heterocycles. The van der Waals surface area contributed by atoms with Crippen LogP contribution < -0.4 is 5.73 Å². The van der Waals surface area contributed by atoms with Gasteiger partial charge in [0.15, 0.2) is 0 Å². The van der Waals surface area contributed by atoms with Crippen LogP contribution in [0, 0.1) is 0 Å². The van der Waals surface area contributed by atoms with Crippen LogP contribution in [0.4, 0.5) is 0 Å². The third-order valence-electron chi connectivity index (χ3n) is 3.21. The number of aromatic nitrogens is 1. The topological polar surface area (TPSA) is 59.2 Å². The smallest absolute Gasteiger partial charge is 0.234 e. The number of carbonyl (C=O) groups is 1. The molecule has 1 saturated heterocycles. The average Bonchev–Trinajstić information content (AvgIpc) is 2.33. The fraction of sp³-hybridized carbons (Fsp3) is 0.500. The van der Waals surface area contributed by atoms with Gasteiger partial charge >= 0.3 is 0 Å². The second-order valence-electron chi connectivity index (χ2n) is 4.48. The van der Waals surface area contributed by atoms with Crippen LogP contribution in [0.1, 0.15) is 24.8 Å². The number of nitrogens with two attached hydrogens (primary N) is 1. The number of hydrogen-bond donors (Lipinski definition) is 1. The first kappa shape index (κ1) is 13.6. The molecular weight excluding hydrogens is 273 g/mol. The van der Waals surface area contributed by atoms with Crippen molar-refractivity contribution in [2.24, 2.45) is 5.73 Å². The van der Waals surface area contributed by atoms with E-state index in [2.05, 4.69) is 9.88 Å². The van der Waals surface area contributed by atoms with E-state index < -0.39 is 0 Å². The van der Waals surface area contributed by atoms with E-state index in [-0.39, 0.29) is 11.9 Å². The number of hydrogen-bond acceptors (Lipinski definition) is 3. The first-order valence-corrected chi connectivity index (χ1v) is 6.67. The Morgan fingerprint density at radius 3 is 2.94 bits per heavy atom. The molecule has 1 amide bonds. The van der Waals surface area contributed by atoms with Crippen LogP contribution in [-0.4, -0.2) is 28.4 Å². The van der Waals surface area contributed by atoms with Crippen molar-refractivity contribution >= 4 is 29.1 Å². The molecule has 0 radical (unpaired) electrons. The minimum absolute atomic E-state index is 0.203. The first-order valence-electron chi connectivity index (χ1n) is 5.91. The van der Waals surface area contributed by atoms with Gasteiger partial charge in [0.2, 0.25) is 5.91 Å². The molecule has 2 rings (SSSR count). The highest BCUT2D eigenvalue weighted by atomic mass is 35.5. The van der Waals surface area contributed by atoms with E-state index >= 15 is 0 Å². The van der Waals surface area contributed by atoms with E-state index in [4.69, 9.17) is 28.9 Å². The zero-order valence-corrected chi connectivity index (χ0v) is 11.4. The second kappa shape index (κ2) is 5.87. The SMILES string of the molecule is NC(=O)C1CCCCN1Cc1cnc(Cl)cc1Cl. The zero-order chi connectivity index (χ0) is 13.1. The number of amides is 1. The average molecular weight is 288 g/mol. The molecule has 98 valence electrons. The number of primary amides is 1. The number of nitrogens with zero attached hydrogens (tertiary/aromatic N) is 2. The van der Waals surface area contributed by atoms with Gasteiger partial charge in [-0.15, -0.1) is 0 Å². The van der Waals surface area contributed by atoms with Gasteiger partial charge in [-0.25, -0.2) is 4.98 Å². The van der Waals surface area contributed by atoms with E-state index in [0.717, 1.165) is 31.4 Å². The van der Waals surface area contributed by atoms with Crippen LogP contribution in [0.25, 0.3) is 0 Å². The van der Waals surface area contributed by atoms with Gasteiger partial charge in [-0.1, -0.05) is 29.6 Å². The third-order valence-corrected chi connectivity index (χ3v) is 3.77. The van der Waals surface area contributed by atoms with E-state index in [0.29, 0.717) is 16.7 Å². The van der Waals surface area contributed by atoms with E-state index in [1.54, 1.807) is 12.3 Å². The van der Waals surface area contributed by atoms with E-state index in [1.807, 2.05) is 0 Å². The minimum atomic E-state index is -0.271. The van der Waals surface area contributed by atoms with Crippen LogP contribution in [0.5, 0.6) is 0 Å². The Kier molecular flexibility index (Phi) is 4.43. The van der Waals surface area contributed by atoms with Gasteiger partial charge in [0.05, 0.1) is 6.04 Å². The Morgan fingerprint density at radius 2 is 2.28 bits per heavy atom. The maximum atomic E-state index is 11.4. The van der Waals surface area contributed by atoms with Crippen molar-refractivity contribution in [2.45, 2.75) is 31.8 Å². The first-order chi connectivity index (χ1) is 8.58. The van der Waals surface area contributed by atoms with Crippen molar-refractivity contribution in [2.75, 3.05) is 6.54 Å². The molecule has 1 atom stereocenters. The molecule has 2 N–H and O–H groups in total. The molecule has 0 saturated carbocycles. The highest BCUT2D eigenvalue weighted by Crippen LogP contribution is 2.24. The molecule has 1 aliphatic heterocycles. The molecule has 6 heteroatoms. The molecule has 0 spiro atoms. The lowest BCUT2D eigenvalue weighted by Crippen LogP contribution is -2.47. The Balaban J connectivity index is 2.13. The number of piperidine rings is 1. The van der Waals surface area contributed by atoms with Crippen molar-refractivity contribution in [1.29, 1.82) is 0 Å². The lowest BCUT2D eigenvalue weighted by Gasteiger charge is -2.33. The number of halogens is 2. The fourth-order valence-electron chi connectivity index (χ4n) is 2.27. The molecule has 1 aromatic rings. The third kappa shape index (κ3) is 3.13. The molecule has 0 aromatic carbocycles. The number of carbonyl (C=O) groups excluding carboxylic acids is 1. The number of pyridine rings is 1. The fourth-order valence-corrected chi connectivity index (χ4v) is 2.70. The van der Waals surface area contributed by atoms with Crippen molar-refractivity contribution in [3.63, 3.8) is 0 Å². The predicted octanol–water partition coefficient (Wildman–Crippen LogP) is 2.23. The molecule has 4 nitrogen and oxygen atoms in total. The van der Waals surface area contributed by atoms with Gasteiger partial charge in [-0.05, 0) is 25.5 Å². The summed E-state index contributed by atoms with van der Waals surface area (Å²) in [5, 5.41) is 0.942. The molecular formula is C12H15Cl2N3O. The predicted molar refractivity (Wildman–Crippen MR) is 71.5 cm³/mol. The lowest BCUT2D eigenvalue weighted by atomic mass is 10.0. The summed E-state index contributed by atoms with van der Waals surface area (Å²) >= 11 is 11.9. The zero-order valence-electron chi connectivity index (χ0n) is 9.90. The van der Waals surface area contributed by atoms with Crippen LogP contribution in [0.15, 0.2) is 12.3 Å². The van der Waals surface area contributed by atoms with Crippen molar-refractivity contribution in [3.8, 4) is 0 Å². The lowest BCUT2D eigenvalue weighted by molar-refractivity contribution is -0.124. The summed E-state index contributed by atoms with van der Waals surface area (Å²) in [6, 6.07) is 1.41.